The van der Waals surface area contributed by atoms with Crippen LogP contribution in [-0.2, 0) is 26.2 Å². The summed E-state index contributed by atoms with van der Waals surface area (Å²) in [6.07, 6.45) is 0.750. The van der Waals surface area contributed by atoms with Crippen LogP contribution in [0.15, 0.2) is 77.7 Å². The zero-order valence-electron chi connectivity index (χ0n) is 23.6. The van der Waals surface area contributed by atoms with Crippen molar-refractivity contribution >= 4 is 27.5 Å². The number of carbonyl (C=O) groups excluding carboxylic acids is 2. The molecule has 0 saturated carbocycles. The van der Waals surface area contributed by atoms with Crippen molar-refractivity contribution in [2.24, 2.45) is 0 Å². The highest BCUT2D eigenvalue weighted by Gasteiger charge is 2.32. The van der Waals surface area contributed by atoms with Gasteiger partial charge in [0, 0.05) is 12.6 Å². The van der Waals surface area contributed by atoms with Crippen LogP contribution >= 0.6 is 0 Å². The molecular weight excluding hydrogens is 510 g/mol. The highest BCUT2D eigenvalue weighted by atomic mass is 32.2. The Morgan fingerprint density at radius 1 is 0.795 bits per heavy atom. The number of benzene rings is 3. The molecule has 1 N–H and O–H groups in total. The highest BCUT2D eigenvalue weighted by molar-refractivity contribution is 7.92. The number of aryl methyl sites for hydroxylation is 3. The van der Waals surface area contributed by atoms with Gasteiger partial charge in [-0.3, -0.25) is 13.9 Å². The summed E-state index contributed by atoms with van der Waals surface area (Å²) in [5, 5.41) is 2.95. The SMILES string of the molecule is CCC(C)NC(=O)C(C)N(Cc1ccc(C)cc1)C(=O)CN(c1ccc(C)cc1)S(=O)(=O)c1ccc(C)cc1. The second-order valence-electron chi connectivity index (χ2n) is 10.2. The number of amides is 2. The number of nitrogens with one attached hydrogen (secondary N) is 1. The van der Waals surface area contributed by atoms with Gasteiger partial charge in [-0.15, -0.1) is 0 Å². The van der Waals surface area contributed by atoms with Gasteiger partial charge in [0.05, 0.1) is 10.6 Å². The lowest BCUT2D eigenvalue weighted by atomic mass is 10.1. The van der Waals surface area contributed by atoms with Crippen molar-refractivity contribution in [3.05, 3.63) is 95.1 Å². The van der Waals surface area contributed by atoms with Gasteiger partial charge in [0.15, 0.2) is 0 Å². The normalized spacial score (nSPS) is 12.9. The van der Waals surface area contributed by atoms with E-state index in [-0.39, 0.29) is 23.4 Å². The van der Waals surface area contributed by atoms with Crippen molar-refractivity contribution in [2.45, 2.75) is 71.5 Å². The van der Waals surface area contributed by atoms with Crippen LogP contribution in [0.1, 0.15) is 49.4 Å². The van der Waals surface area contributed by atoms with E-state index < -0.39 is 28.5 Å². The predicted molar refractivity (Wildman–Crippen MR) is 156 cm³/mol. The van der Waals surface area contributed by atoms with Gasteiger partial charge in [0.1, 0.15) is 12.6 Å². The van der Waals surface area contributed by atoms with Gasteiger partial charge in [0.2, 0.25) is 11.8 Å². The summed E-state index contributed by atoms with van der Waals surface area (Å²) in [5.41, 5.74) is 4.20. The molecule has 0 fully saturated rings. The largest absolute Gasteiger partial charge is 0.352 e. The van der Waals surface area contributed by atoms with E-state index in [1.54, 1.807) is 43.3 Å². The molecule has 2 amide bonds. The second-order valence-corrected chi connectivity index (χ2v) is 12.0. The van der Waals surface area contributed by atoms with Gasteiger partial charge in [0.25, 0.3) is 10.0 Å². The minimum Gasteiger partial charge on any atom is -0.352 e. The van der Waals surface area contributed by atoms with Crippen molar-refractivity contribution < 1.29 is 18.0 Å². The van der Waals surface area contributed by atoms with E-state index in [0.717, 1.165) is 33.0 Å². The van der Waals surface area contributed by atoms with Gasteiger partial charge in [-0.05, 0) is 70.9 Å². The van der Waals surface area contributed by atoms with E-state index in [1.807, 2.05) is 71.0 Å². The van der Waals surface area contributed by atoms with Crippen LogP contribution < -0.4 is 9.62 Å². The Morgan fingerprint density at radius 3 is 1.79 bits per heavy atom. The van der Waals surface area contributed by atoms with Crippen LogP contribution in [0.2, 0.25) is 0 Å². The summed E-state index contributed by atoms with van der Waals surface area (Å²) >= 11 is 0. The molecule has 0 aliphatic rings. The topological polar surface area (TPSA) is 86.8 Å². The molecule has 7 nitrogen and oxygen atoms in total. The fraction of sp³-hybridized carbons (Fsp3) is 0.355. The Balaban J connectivity index is 2.01. The molecule has 0 radical (unpaired) electrons. The highest BCUT2D eigenvalue weighted by Crippen LogP contribution is 2.25. The third-order valence-electron chi connectivity index (χ3n) is 6.85. The lowest BCUT2D eigenvalue weighted by molar-refractivity contribution is -0.139. The molecule has 0 saturated heterocycles. The van der Waals surface area contributed by atoms with Crippen LogP contribution in [0.3, 0.4) is 0 Å². The maximum Gasteiger partial charge on any atom is 0.264 e. The van der Waals surface area contributed by atoms with Gasteiger partial charge >= 0.3 is 0 Å². The molecule has 0 heterocycles. The first-order valence-corrected chi connectivity index (χ1v) is 14.7. The Bertz CT molecular complexity index is 1370. The van der Waals surface area contributed by atoms with E-state index in [4.69, 9.17) is 0 Å². The van der Waals surface area contributed by atoms with Crippen LogP contribution in [0.5, 0.6) is 0 Å². The lowest BCUT2D eigenvalue weighted by Gasteiger charge is -2.32. The smallest absolute Gasteiger partial charge is 0.264 e. The van der Waals surface area contributed by atoms with Crippen molar-refractivity contribution in [2.75, 3.05) is 10.8 Å². The molecular formula is C31H39N3O4S. The first kappa shape index (κ1) is 29.9. The predicted octanol–water partition coefficient (Wildman–Crippen LogP) is 5.14. The van der Waals surface area contributed by atoms with Crippen molar-refractivity contribution in [1.29, 1.82) is 0 Å². The number of hydrogen-bond acceptors (Lipinski definition) is 4. The van der Waals surface area contributed by atoms with E-state index in [2.05, 4.69) is 5.32 Å². The van der Waals surface area contributed by atoms with Crippen molar-refractivity contribution in [1.82, 2.24) is 10.2 Å². The maximum atomic E-state index is 13.9. The molecule has 3 aromatic rings. The summed E-state index contributed by atoms with van der Waals surface area (Å²) in [5.74, 6) is -0.758. The van der Waals surface area contributed by atoms with Crippen LogP contribution in [0.4, 0.5) is 5.69 Å². The summed E-state index contributed by atoms with van der Waals surface area (Å²) in [6, 6.07) is 20.4. The number of rotatable bonds is 11. The average molecular weight is 550 g/mol. The fourth-order valence-corrected chi connectivity index (χ4v) is 5.43. The molecule has 3 rings (SSSR count). The Hall–Kier alpha value is -3.65. The molecule has 39 heavy (non-hydrogen) atoms. The first-order chi connectivity index (χ1) is 18.4. The van der Waals surface area contributed by atoms with Crippen molar-refractivity contribution in [3.63, 3.8) is 0 Å². The Morgan fingerprint density at radius 2 is 1.28 bits per heavy atom. The summed E-state index contributed by atoms with van der Waals surface area (Å²) in [4.78, 5) is 28.6. The van der Waals surface area contributed by atoms with Crippen molar-refractivity contribution in [3.8, 4) is 0 Å². The summed E-state index contributed by atoms with van der Waals surface area (Å²) in [7, 11) is -4.07. The third-order valence-corrected chi connectivity index (χ3v) is 8.64. The van der Waals surface area contributed by atoms with Crippen LogP contribution in [0, 0.1) is 20.8 Å². The summed E-state index contributed by atoms with van der Waals surface area (Å²) in [6.45, 7) is 11.0. The average Bonchev–Trinajstić information content (AvgIpc) is 2.91. The molecule has 208 valence electrons. The monoisotopic (exact) mass is 549 g/mol. The minimum absolute atomic E-state index is 0.0535. The minimum atomic E-state index is -4.07. The van der Waals surface area contributed by atoms with E-state index >= 15 is 0 Å². The van der Waals surface area contributed by atoms with E-state index in [0.29, 0.717) is 5.69 Å². The Kier molecular flexibility index (Phi) is 9.92. The number of sulfonamides is 1. The fourth-order valence-electron chi connectivity index (χ4n) is 4.02. The van der Waals surface area contributed by atoms with Gasteiger partial charge in [-0.25, -0.2) is 8.42 Å². The lowest BCUT2D eigenvalue weighted by Crippen LogP contribution is -2.52. The molecule has 3 aromatic carbocycles. The van der Waals surface area contributed by atoms with Gasteiger partial charge in [-0.2, -0.15) is 0 Å². The number of carbonyl (C=O) groups is 2. The molecule has 8 heteroatoms. The van der Waals surface area contributed by atoms with E-state index in [9.17, 15) is 18.0 Å². The molecule has 0 aliphatic carbocycles. The molecule has 0 aliphatic heterocycles. The summed E-state index contributed by atoms with van der Waals surface area (Å²) < 4.78 is 28.8. The molecule has 0 aromatic heterocycles. The third kappa shape index (κ3) is 7.69. The number of hydrogen-bond donors (Lipinski definition) is 1. The Labute approximate surface area is 232 Å². The van der Waals surface area contributed by atoms with E-state index in [1.165, 1.54) is 4.90 Å². The zero-order chi connectivity index (χ0) is 28.7. The first-order valence-electron chi connectivity index (χ1n) is 13.2. The zero-order valence-corrected chi connectivity index (χ0v) is 24.5. The van der Waals surface area contributed by atoms with Crippen LogP contribution in [0.25, 0.3) is 0 Å². The quantitative estimate of drug-likeness (QED) is 0.359. The standard InChI is InChI=1S/C31H39N3O4S/c1-7-25(5)32-31(36)26(6)33(20-27-14-8-22(2)9-15-27)30(35)21-34(28-16-10-23(3)11-17-28)39(37,38)29-18-12-24(4)13-19-29/h8-19,25-26H,7,20-21H2,1-6H3,(H,32,36). The molecule has 0 bridgehead atoms. The molecule has 0 spiro atoms. The number of nitrogens with zero attached hydrogens (tertiary/aromatic N) is 2. The van der Waals surface area contributed by atoms with Gasteiger partial charge in [-0.1, -0.05) is 72.1 Å². The maximum absolute atomic E-state index is 13.9. The second kappa shape index (κ2) is 12.9. The number of anilines is 1. The van der Waals surface area contributed by atoms with Crippen LogP contribution in [-0.4, -0.2) is 43.8 Å². The molecule has 2 atom stereocenters. The molecule has 2 unspecified atom stereocenters. The van der Waals surface area contributed by atoms with Gasteiger partial charge < -0.3 is 10.2 Å².